The van der Waals surface area contributed by atoms with Crippen LogP contribution in [0.1, 0.15) is 19.8 Å². The van der Waals surface area contributed by atoms with Gasteiger partial charge in [-0.15, -0.1) is 0 Å². The predicted octanol–water partition coefficient (Wildman–Crippen LogP) is -0.0386. The average molecular weight is 228 g/mol. The van der Waals surface area contributed by atoms with Gasteiger partial charge in [-0.25, -0.2) is 0 Å². The number of rotatable bonds is 3. The summed E-state index contributed by atoms with van der Waals surface area (Å²) in [6.07, 6.45) is 1.73. The van der Waals surface area contributed by atoms with E-state index in [2.05, 4.69) is 10.2 Å². The molecule has 0 aliphatic carbocycles. The van der Waals surface area contributed by atoms with E-state index >= 15 is 0 Å². The SMILES string of the molecule is CCNC(=O)CN1CCC2(CC1)OCCO2. The quantitative estimate of drug-likeness (QED) is 0.736. The number of ether oxygens (including phenoxy) is 2. The van der Waals surface area contributed by atoms with Crippen molar-refractivity contribution in [1.82, 2.24) is 10.2 Å². The summed E-state index contributed by atoms with van der Waals surface area (Å²) in [5.41, 5.74) is 0. The lowest BCUT2D eigenvalue weighted by Crippen LogP contribution is -2.48. The van der Waals surface area contributed by atoms with Gasteiger partial charge in [-0.3, -0.25) is 9.69 Å². The van der Waals surface area contributed by atoms with E-state index in [-0.39, 0.29) is 11.7 Å². The summed E-state index contributed by atoms with van der Waals surface area (Å²) in [5, 5.41) is 2.81. The van der Waals surface area contributed by atoms with Crippen molar-refractivity contribution in [2.75, 3.05) is 39.4 Å². The lowest BCUT2D eigenvalue weighted by Gasteiger charge is -2.37. The minimum Gasteiger partial charge on any atom is -0.355 e. The van der Waals surface area contributed by atoms with E-state index < -0.39 is 0 Å². The molecule has 5 heteroatoms. The topological polar surface area (TPSA) is 50.8 Å². The van der Waals surface area contributed by atoms with Gasteiger partial charge in [0.25, 0.3) is 0 Å². The molecule has 2 rings (SSSR count). The van der Waals surface area contributed by atoms with Crippen LogP contribution in [0.2, 0.25) is 0 Å². The molecule has 92 valence electrons. The van der Waals surface area contributed by atoms with Crippen LogP contribution in [0.4, 0.5) is 0 Å². The van der Waals surface area contributed by atoms with Crippen LogP contribution in [0, 0.1) is 0 Å². The van der Waals surface area contributed by atoms with Crippen LogP contribution in [0.3, 0.4) is 0 Å². The van der Waals surface area contributed by atoms with E-state index in [0.29, 0.717) is 26.3 Å². The van der Waals surface area contributed by atoms with E-state index in [1.54, 1.807) is 0 Å². The van der Waals surface area contributed by atoms with E-state index in [1.165, 1.54) is 0 Å². The minimum absolute atomic E-state index is 0.103. The molecule has 0 atom stereocenters. The Morgan fingerprint density at radius 3 is 2.50 bits per heavy atom. The van der Waals surface area contributed by atoms with Crippen LogP contribution >= 0.6 is 0 Å². The largest absolute Gasteiger partial charge is 0.355 e. The first kappa shape index (κ1) is 11.8. The van der Waals surface area contributed by atoms with Crippen molar-refractivity contribution in [3.8, 4) is 0 Å². The fraction of sp³-hybridized carbons (Fsp3) is 0.909. The molecule has 1 N–H and O–H groups in total. The molecule has 2 fully saturated rings. The number of piperidine rings is 1. The molecule has 0 aromatic heterocycles. The van der Waals surface area contributed by atoms with E-state index in [0.717, 1.165) is 25.9 Å². The summed E-state index contributed by atoms with van der Waals surface area (Å²) in [4.78, 5) is 13.6. The van der Waals surface area contributed by atoms with Gasteiger partial charge in [0.1, 0.15) is 0 Å². The first-order valence-electron chi connectivity index (χ1n) is 6.01. The first-order valence-corrected chi connectivity index (χ1v) is 6.01. The van der Waals surface area contributed by atoms with E-state index in [1.807, 2.05) is 6.92 Å². The van der Waals surface area contributed by atoms with Gasteiger partial charge in [-0.2, -0.15) is 0 Å². The van der Waals surface area contributed by atoms with Gasteiger partial charge < -0.3 is 14.8 Å². The third-order valence-electron chi connectivity index (χ3n) is 3.17. The van der Waals surface area contributed by atoms with Crippen molar-refractivity contribution in [1.29, 1.82) is 0 Å². The highest BCUT2D eigenvalue weighted by atomic mass is 16.7. The zero-order valence-electron chi connectivity index (χ0n) is 9.83. The number of likely N-dealkylation sites (tertiary alicyclic amines) is 1. The van der Waals surface area contributed by atoms with E-state index in [4.69, 9.17) is 9.47 Å². The second kappa shape index (κ2) is 5.12. The van der Waals surface area contributed by atoms with E-state index in [9.17, 15) is 4.79 Å². The molecular weight excluding hydrogens is 208 g/mol. The third kappa shape index (κ3) is 2.72. The van der Waals surface area contributed by atoms with Gasteiger partial charge in [0.05, 0.1) is 19.8 Å². The Kier molecular flexibility index (Phi) is 3.78. The van der Waals surface area contributed by atoms with Crippen molar-refractivity contribution in [3.63, 3.8) is 0 Å². The van der Waals surface area contributed by atoms with Crippen molar-refractivity contribution >= 4 is 5.91 Å². The molecule has 0 bridgehead atoms. The number of hydrogen-bond acceptors (Lipinski definition) is 4. The van der Waals surface area contributed by atoms with Crippen LogP contribution in [0.25, 0.3) is 0 Å². The molecule has 2 aliphatic rings. The van der Waals surface area contributed by atoms with Crippen LogP contribution in [0.5, 0.6) is 0 Å². The Labute approximate surface area is 96.1 Å². The Bertz CT molecular complexity index is 242. The molecule has 0 radical (unpaired) electrons. The molecule has 1 amide bonds. The van der Waals surface area contributed by atoms with Crippen LogP contribution in [-0.4, -0.2) is 56.0 Å². The number of amides is 1. The number of hydrogen-bond donors (Lipinski definition) is 1. The second-order valence-corrected chi connectivity index (χ2v) is 4.34. The Balaban J connectivity index is 1.74. The highest BCUT2D eigenvalue weighted by Crippen LogP contribution is 2.30. The summed E-state index contributed by atoms with van der Waals surface area (Å²) >= 11 is 0. The van der Waals surface area contributed by atoms with Crippen LogP contribution in [-0.2, 0) is 14.3 Å². The second-order valence-electron chi connectivity index (χ2n) is 4.34. The number of carbonyl (C=O) groups is 1. The Morgan fingerprint density at radius 2 is 1.94 bits per heavy atom. The maximum atomic E-state index is 11.4. The van der Waals surface area contributed by atoms with Gasteiger partial charge in [0, 0.05) is 32.5 Å². The fourth-order valence-electron chi connectivity index (χ4n) is 2.29. The third-order valence-corrected chi connectivity index (χ3v) is 3.17. The molecule has 1 spiro atoms. The molecule has 2 aliphatic heterocycles. The Morgan fingerprint density at radius 1 is 1.31 bits per heavy atom. The maximum absolute atomic E-state index is 11.4. The average Bonchev–Trinajstić information content (AvgIpc) is 2.71. The lowest BCUT2D eigenvalue weighted by atomic mass is 10.0. The first-order chi connectivity index (χ1) is 7.74. The zero-order chi connectivity index (χ0) is 11.4. The lowest BCUT2D eigenvalue weighted by molar-refractivity contribution is -0.185. The van der Waals surface area contributed by atoms with Crippen molar-refractivity contribution in [2.45, 2.75) is 25.6 Å². The maximum Gasteiger partial charge on any atom is 0.234 e. The van der Waals surface area contributed by atoms with Crippen molar-refractivity contribution in [3.05, 3.63) is 0 Å². The van der Waals surface area contributed by atoms with Crippen LogP contribution in [0.15, 0.2) is 0 Å². The molecule has 0 saturated carbocycles. The molecule has 0 aromatic rings. The standard InChI is InChI=1S/C11H20N2O3/c1-2-12-10(14)9-13-5-3-11(4-6-13)15-7-8-16-11/h2-9H2,1H3,(H,12,14). The monoisotopic (exact) mass is 228 g/mol. The van der Waals surface area contributed by atoms with Gasteiger partial charge in [-0.1, -0.05) is 0 Å². The highest BCUT2D eigenvalue weighted by Gasteiger charge is 2.39. The molecule has 2 saturated heterocycles. The highest BCUT2D eigenvalue weighted by molar-refractivity contribution is 5.77. The smallest absolute Gasteiger partial charge is 0.234 e. The summed E-state index contributed by atoms with van der Waals surface area (Å²) < 4.78 is 11.3. The number of nitrogens with one attached hydrogen (secondary N) is 1. The van der Waals surface area contributed by atoms with Crippen molar-refractivity contribution < 1.29 is 14.3 Å². The summed E-state index contributed by atoms with van der Waals surface area (Å²) in [7, 11) is 0. The molecule has 5 nitrogen and oxygen atoms in total. The van der Waals surface area contributed by atoms with Gasteiger partial charge >= 0.3 is 0 Å². The van der Waals surface area contributed by atoms with Crippen molar-refractivity contribution in [2.24, 2.45) is 0 Å². The number of nitrogens with zero attached hydrogens (tertiary/aromatic N) is 1. The van der Waals surface area contributed by atoms with Gasteiger partial charge in [-0.05, 0) is 6.92 Å². The minimum atomic E-state index is -0.336. The van der Waals surface area contributed by atoms with Crippen LogP contribution < -0.4 is 5.32 Å². The summed E-state index contributed by atoms with van der Waals surface area (Å²) in [6, 6.07) is 0. The summed E-state index contributed by atoms with van der Waals surface area (Å²) in [5.74, 6) is -0.232. The predicted molar refractivity (Wildman–Crippen MR) is 59.0 cm³/mol. The Hall–Kier alpha value is -0.650. The molecular formula is C11H20N2O3. The summed E-state index contributed by atoms with van der Waals surface area (Å²) in [6.45, 7) is 6.27. The van der Waals surface area contributed by atoms with Gasteiger partial charge in [0.15, 0.2) is 5.79 Å². The molecule has 16 heavy (non-hydrogen) atoms. The zero-order valence-corrected chi connectivity index (χ0v) is 9.83. The normalized spacial score (nSPS) is 24.8. The fourth-order valence-corrected chi connectivity index (χ4v) is 2.29. The molecule has 0 aromatic carbocycles. The number of carbonyl (C=O) groups excluding carboxylic acids is 1. The van der Waals surface area contributed by atoms with Gasteiger partial charge in [0.2, 0.25) is 5.91 Å². The molecule has 0 unspecified atom stereocenters. The number of likely N-dealkylation sites (N-methyl/N-ethyl adjacent to an activating group) is 1. The molecule has 2 heterocycles.